The Hall–Kier alpha value is -0.930. The molecule has 0 saturated heterocycles. The van der Waals surface area contributed by atoms with Gasteiger partial charge in [0.15, 0.2) is 11.5 Å². The fourth-order valence-electron chi connectivity index (χ4n) is 6.77. The highest BCUT2D eigenvalue weighted by Crippen LogP contribution is 2.29. The predicted octanol–water partition coefficient (Wildman–Crippen LogP) is 14.9. The molecule has 1 aromatic carbocycles. The molecule has 2 N–H and O–H groups in total. The van der Waals surface area contributed by atoms with Crippen LogP contribution < -0.4 is 15.2 Å². The Morgan fingerprint density at radius 3 is 1.00 bits per heavy atom. The van der Waals surface area contributed by atoms with Crippen molar-refractivity contribution < 1.29 is 9.47 Å². The van der Waals surface area contributed by atoms with Crippen LogP contribution in [0.2, 0.25) is 0 Å². The third kappa shape index (κ3) is 31.1. The SMILES string of the molecule is CCCCCCCCCCCCCCCCCCOc1ccc(CCN)cc1OCCCCCCCCCCCCCCCCCC.Cl. The molecule has 0 heterocycles. The number of rotatable bonds is 38. The summed E-state index contributed by atoms with van der Waals surface area (Å²) in [6.07, 6.45) is 45.4. The maximum absolute atomic E-state index is 6.26. The summed E-state index contributed by atoms with van der Waals surface area (Å²) in [4.78, 5) is 0. The third-order valence-electron chi connectivity index (χ3n) is 9.95. The van der Waals surface area contributed by atoms with Gasteiger partial charge in [0.1, 0.15) is 0 Å². The van der Waals surface area contributed by atoms with Gasteiger partial charge < -0.3 is 15.2 Å². The Kier molecular flexibility index (Phi) is 38.1. The number of benzene rings is 1. The molecule has 0 aromatic heterocycles. The maximum atomic E-state index is 6.26. The second-order valence-corrected chi connectivity index (χ2v) is 14.6. The Morgan fingerprint density at radius 2 is 0.688 bits per heavy atom. The molecule has 0 radical (unpaired) electrons. The Bertz CT molecular complexity index is 757. The van der Waals surface area contributed by atoms with E-state index in [4.69, 9.17) is 15.2 Å². The van der Waals surface area contributed by atoms with Crippen LogP contribution in [0.25, 0.3) is 0 Å². The number of unbranched alkanes of at least 4 members (excludes halogenated alkanes) is 30. The summed E-state index contributed by atoms with van der Waals surface area (Å²) >= 11 is 0. The fourth-order valence-corrected chi connectivity index (χ4v) is 6.77. The van der Waals surface area contributed by atoms with Crippen molar-refractivity contribution in [1.82, 2.24) is 0 Å². The van der Waals surface area contributed by atoms with Crippen molar-refractivity contribution in [3.8, 4) is 11.5 Å². The van der Waals surface area contributed by atoms with Crippen LogP contribution in [0.4, 0.5) is 0 Å². The van der Waals surface area contributed by atoms with Gasteiger partial charge in [-0.05, 0) is 43.5 Å². The third-order valence-corrected chi connectivity index (χ3v) is 9.95. The van der Waals surface area contributed by atoms with Crippen LogP contribution in [0, 0.1) is 0 Å². The largest absolute Gasteiger partial charge is 0.490 e. The molecule has 3 nitrogen and oxygen atoms in total. The van der Waals surface area contributed by atoms with E-state index in [1.54, 1.807) is 0 Å². The van der Waals surface area contributed by atoms with Crippen molar-refractivity contribution in [3.63, 3.8) is 0 Å². The number of hydrogen-bond donors (Lipinski definition) is 1. The second-order valence-electron chi connectivity index (χ2n) is 14.6. The summed E-state index contributed by atoms with van der Waals surface area (Å²) in [7, 11) is 0. The van der Waals surface area contributed by atoms with Gasteiger partial charge in [-0.2, -0.15) is 0 Å². The monoisotopic (exact) mass is 694 g/mol. The topological polar surface area (TPSA) is 44.5 Å². The lowest BCUT2D eigenvalue weighted by atomic mass is 10.0. The Labute approximate surface area is 307 Å². The zero-order chi connectivity index (χ0) is 33.7. The number of ether oxygens (including phenoxy) is 2. The lowest BCUT2D eigenvalue weighted by molar-refractivity contribution is 0.258. The molecular formula is C44H84ClNO2. The number of nitrogens with two attached hydrogens (primary N) is 1. The van der Waals surface area contributed by atoms with Gasteiger partial charge in [-0.25, -0.2) is 0 Å². The van der Waals surface area contributed by atoms with Crippen LogP contribution in [0.3, 0.4) is 0 Å². The second kappa shape index (κ2) is 38.9. The van der Waals surface area contributed by atoms with E-state index in [0.29, 0.717) is 6.54 Å². The maximum Gasteiger partial charge on any atom is 0.161 e. The van der Waals surface area contributed by atoms with Crippen LogP contribution in [0.15, 0.2) is 18.2 Å². The van der Waals surface area contributed by atoms with Crippen molar-refractivity contribution in [2.45, 2.75) is 226 Å². The fraction of sp³-hybridized carbons (Fsp3) is 0.864. The smallest absolute Gasteiger partial charge is 0.161 e. The van der Waals surface area contributed by atoms with Crippen LogP contribution in [0.1, 0.15) is 225 Å². The quantitative estimate of drug-likeness (QED) is 0.0701. The van der Waals surface area contributed by atoms with Gasteiger partial charge in [-0.1, -0.05) is 213 Å². The Morgan fingerprint density at radius 1 is 0.396 bits per heavy atom. The lowest BCUT2D eigenvalue weighted by Crippen LogP contribution is -2.06. The van der Waals surface area contributed by atoms with E-state index in [1.807, 2.05) is 0 Å². The molecule has 0 aliphatic heterocycles. The van der Waals surface area contributed by atoms with Gasteiger partial charge in [0.25, 0.3) is 0 Å². The van der Waals surface area contributed by atoms with Gasteiger partial charge in [0.2, 0.25) is 0 Å². The van der Waals surface area contributed by atoms with Crippen molar-refractivity contribution in [3.05, 3.63) is 23.8 Å². The number of hydrogen-bond acceptors (Lipinski definition) is 3. The van der Waals surface area contributed by atoms with E-state index in [1.165, 1.54) is 198 Å². The van der Waals surface area contributed by atoms with E-state index in [-0.39, 0.29) is 12.4 Å². The first-order valence-electron chi connectivity index (χ1n) is 21.4. The van der Waals surface area contributed by atoms with Crippen molar-refractivity contribution in [1.29, 1.82) is 0 Å². The average Bonchev–Trinajstić information content (AvgIpc) is 3.08. The molecule has 1 rings (SSSR count). The molecular weight excluding hydrogens is 610 g/mol. The standard InChI is InChI=1S/C44H83NO2.ClH/c1-3-5-7-9-11-13-15-17-19-21-23-25-27-29-31-33-39-46-43-36-35-42(37-38-45)41-44(43)47-40-34-32-30-28-26-24-22-20-18-16-14-12-10-8-6-4-2;/h35-36,41H,3-34,37-40,45H2,1-2H3;1H. The summed E-state index contributed by atoms with van der Waals surface area (Å²) in [5, 5.41) is 0. The highest BCUT2D eigenvalue weighted by Gasteiger charge is 2.08. The van der Waals surface area contributed by atoms with Gasteiger partial charge in [-0.15, -0.1) is 12.4 Å². The van der Waals surface area contributed by atoms with E-state index < -0.39 is 0 Å². The molecule has 0 aliphatic carbocycles. The average molecular weight is 695 g/mol. The zero-order valence-electron chi connectivity index (χ0n) is 32.5. The van der Waals surface area contributed by atoms with Crippen LogP contribution in [-0.4, -0.2) is 19.8 Å². The molecule has 0 saturated carbocycles. The van der Waals surface area contributed by atoms with E-state index in [0.717, 1.165) is 44.0 Å². The summed E-state index contributed by atoms with van der Waals surface area (Å²) in [6.45, 7) is 6.82. The zero-order valence-corrected chi connectivity index (χ0v) is 33.3. The first kappa shape index (κ1) is 47.1. The molecule has 48 heavy (non-hydrogen) atoms. The molecule has 4 heteroatoms. The van der Waals surface area contributed by atoms with Crippen molar-refractivity contribution in [2.24, 2.45) is 5.73 Å². The molecule has 1 aromatic rings. The van der Waals surface area contributed by atoms with E-state index in [2.05, 4.69) is 32.0 Å². The van der Waals surface area contributed by atoms with Crippen molar-refractivity contribution >= 4 is 12.4 Å². The summed E-state index contributed by atoms with van der Waals surface area (Å²) < 4.78 is 12.5. The van der Waals surface area contributed by atoms with Crippen LogP contribution in [0.5, 0.6) is 11.5 Å². The highest BCUT2D eigenvalue weighted by atomic mass is 35.5. The molecule has 0 spiro atoms. The first-order valence-corrected chi connectivity index (χ1v) is 21.4. The molecule has 284 valence electrons. The Balaban J connectivity index is 0.0000221. The molecule has 0 bridgehead atoms. The molecule has 0 amide bonds. The molecule has 0 unspecified atom stereocenters. The van der Waals surface area contributed by atoms with Crippen molar-refractivity contribution in [2.75, 3.05) is 19.8 Å². The van der Waals surface area contributed by atoms with Gasteiger partial charge in [0, 0.05) is 0 Å². The lowest BCUT2D eigenvalue weighted by Gasteiger charge is -2.14. The summed E-state index contributed by atoms with van der Waals surface area (Å²) in [5.41, 5.74) is 7.07. The van der Waals surface area contributed by atoms with Gasteiger partial charge in [0.05, 0.1) is 13.2 Å². The number of halogens is 1. The minimum Gasteiger partial charge on any atom is -0.490 e. The first-order chi connectivity index (χ1) is 23.3. The minimum atomic E-state index is 0. The summed E-state index contributed by atoms with van der Waals surface area (Å²) in [6, 6.07) is 6.40. The minimum absolute atomic E-state index is 0. The normalized spacial score (nSPS) is 11.1. The molecule has 0 atom stereocenters. The van der Waals surface area contributed by atoms with Crippen LogP contribution >= 0.6 is 12.4 Å². The molecule has 0 aliphatic rings. The van der Waals surface area contributed by atoms with Gasteiger partial charge >= 0.3 is 0 Å². The highest BCUT2D eigenvalue weighted by molar-refractivity contribution is 5.85. The summed E-state index contributed by atoms with van der Waals surface area (Å²) in [5.74, 6) is 1.82. The van der Waals surface area contributed by atoms with Crippen LogP contribution in [-0.2, 0) is 6.42 Å². The van der Waals surface area contributed by atoms with Gasteiger partial charge in [-0.3, -0.25) is 0 Å². The predicted molar refractivity (Wildman–Crippen MR) is 217 cm³/mol. The van der Waals surface area contributed by atoms with E-state index in [9.17, 15) is 0 Å². The van der Waals surface area contributed by atoms with E-state index >= 15 is 0 Å². The molecule has 0 fully saturated rings.